The Hall–Kier alpha value is -0.710. The smallest absolute Gasteiger partial charge is 0.254 e. The van der Waals surface area contributed by atoms with Crippen molar-refractivity contribution in [2.24, 2.45) is 17.8 Å². The maximum atomic E-state index is 12.6. The highest BCUT2D eigenvalue weighted by molar-refractivity contribution is 5.78. The molecule has 68 valence electrons. The average Bonchev–Trinajstić information content (AvgIpc) is 2.52. The van der Waals surface area contributed by atoms with Gasteiger partial charge in [0.2, 0.25) is 5.91 Å². The van der Waals surface area contributed by atoms with Crippen molar-refractivity contribution >= 4 is 5.91 Å². The van der Waals surface area contributed by atoms with Crippen LogP contribution in [0.15, 0.2) is 0 Å². The van der Waals surface area contributed by atoms with Crippen molar-refractivity contribution in [1.29, 1.82) is 0 Å². The van der Waals surface area contributed by atoms with E-state index in [0.717, 1.165) is 0 Å². The van der Waals surface area contributed by atoms with Crippen molar-refractivity contribution in [3.63, 3.8) is 0 Å². The third kappa shape index (κ3) is 0.857. The fourth-order valence-electron chi connectivity index (χ4n) is 2.12. The van der Waals surface area contributed by atoms with Crippen LogP contribution in [-0.4, -0.2) is 17.0 Å². The third-order valence-electron chi connectivity index (χ3n) is 2.92. The van der Waals surface area contributed by atoms with E-state index in [1.54, 1.807) is 0 Å². The Morgan fingerprint density at radius 2 is 1.92 bits per heavy atom. The molecule has 2 N–H and O–H groups in total. The van der Waals surface area contributed by atoms with Gasteiger partial charge in [-0.15, -0.1) is 0 Å². The van der Waals surface area contributed by atoms with Crippen LogP contribution in [0.2, 0.25) is 0 Å². The molecule has 0 spiro atoms. The van der Waals surface area contributed by atoms with Crippen LogP contribution in [0.4, 0.5) is 8.78 Å². The second-order valence-electron chi connectivity index (χ2n) is 3.53. The van der Waals surface area contributed by atoms with Gasteiger partial charge in [0.25, 0.3) is 5.92 Å². The fourth-order valence-corrected chi connectivity index (χ4v) is 2.12. The zero-order chi connectivity index (χ0) is 8.93. The number of hydrogen-bond donors (Lipinski definition) is 2. The Morgan fingerprint density at radius 1 is 1.42 bits per heavy atom. The Bertz CT molecular complexity index is 217. The van der Waals surface area contributed by atoms with E-state index in [-0.39, 0.29) is 12.8 Å². The number of hydrogen-bond acceptors (Lipinski definition) is 2. The number of carbonyl (C=O) groups is 1. The fraction of sp³-hybridized carbons (Fsp3) is 0.857. The zero-order valence-electron chi connectivity index (χ0n) is 6.26. The minimum Gasteiger partial charge on any atom is -0.289 e. The molecule has 5 heteroatoms. The number of amides is 1. The van der Waals surface area contributed by atoms with E-state index in [9.17, 15) is 13.6 Å². The van der Waals surface area contributed by atoms with Crippen molar-refractivity contribution in [2.75, 3.05) is 0 Å². The minimum absolute atomic E-state index is 0.212. The molecule has 1 amide bonds. The Morgan fingerprint density at radius 3 is 2.33 bits per heavy atom. The van der Waals surface area contributed by atoms with Gasteiger partial charge in [-0.3, -0.25) is 10.0 Å². The lowest BCUT2D eigenvalue weighted by molar-refractivity contribution is -0.134. The van der Waals surface area contributed by atoms with Crippen LogP contribution in [0.1, 0.15) is 12.8 Å². The first-order chi connectivity index (χ1) is 5.57. The zero-order valence-corrected chi connectivity index (χ0v) is 6.26. The van der Waals surface area contributed by atoms with Gasteiger partial charge >= 0.3 is 0 Å². The van der Waals surface area contributed by atoms with Crippen LogP contribution >= 0.6 is 0 Å². The van der Waals surface area contributed by atoms with Crippen LogP contribution < -0.4 is 5.48 Å². The number of fused-ring (bicyclic) bond motifs is 1. The van der Waals surface area contributed by atoms with Gasteiger partial charge in [-0.05, 0) is 12.8 Å². The summed E-state index contributed by atoms with van der Waals surface area (Å²) < 4.78 is 25.2. The molecule has 2 aliphatic carbocycles. The molecule has 12 heavy (non-hydrogen) atoms. The molecule has 0 saturated heterocycles. The summed E-state index contributed by atoms with van der Waals surface area (Å²) in [5, 5.41) is 8.24. The highest BCUT2D eigenvalue weighted by Crippen LogP contribution is 2.65. The molecule has 2 rings (SSSR count). The maximum absolute atomic E-state index is 12.6. The summed E-state index contributed by atoms with van der Waals surface area (Å²) in [5.74, 6) is -4.70. The van der Waals surface area contributed by atoms with Crippen molar-refractivity contribution < 1.29 is 18.8 Å². The number of alkyl halides is 2. The summed E-state index contributed by atoms with van der Waals surface area (Å²) in [7, 11) is 0. The first kappa shape index (κ1) is 7.91. The van der Waals surface area contributed by atoms with Gasteiger partial charge in [0.1, 0.15) is 0 Å². The molecule has 2 aliphatic rings. The van der Waals surface area contributed by atoms with E-state index in [4.69, 9.17) is 5.21 Å². The van der Waals surface area contributed by atoms with Gasteiger partial charge in [-0.25, -0.2) is 14.3 Å². The third-order valence-corrected chi connectivity index (χ3v) is 2.92. The number of hydroxylamine groups is 1. The highest BCUT2D eigenvalue weighted by Gasteiger charge is 2.72. The van der Waals surface area contributed by atoms with E-state index < -0.39 is 29.6 Å². The SMILES string of the molecule is O=C(NO)C1CC2C(C1)C2(F)F. The largest absolute Gasteiger partial charge is 0.289 e. The number of carbonyl (C=O) groups excluding carboxylic acids is 1. The van der Waals surface area contributed by atoms with Crippen LogP contribution in [0.5, 0.6) is 0 Å². The average molecular weight is 177 g/mol. The maximum Gasteiger partial charge on any atom is 0.254 e. The molecule has 0 aliphatic heterocycles. The van der Waals surface area contributed by atoms with Crippen molar-refractivity contribution in [3.8, 4) is 0 Å². The van der Waals surface area contributed by atoms with Gasteiger partial charge in [0.05, 0.1) is 0 Å². The second-order valence-corrected chi connectivity index (χ2v) is 3.53. The molecule has 0 aromatic heterocycles. The van der Waals surface area contributed by atoms with Crippen LogP contribution in [0, 0.1) is 17.8 Å². The molecule has 0 aromatic carbocycles. The molecule has 2 atom stereocenters. The molecule has 0 heterocycles. The highest BCUT2D eigenvalue weighted by atomic mass is 19.3. The van der Waals surface area contributed by atoms with E-state index in [2.05, 4.69) is 0 Å². The standard InChI is InChI=1S/C7H9F2NO2/c8-7(9)4-1-3(2-5(4)7)6(11)10-12/h3-5,12H,1-2H2,(H,10,11). The molecular weight excluding hydrogens is 168 g/mol. The summed E-state index contributed by atoms with van der Waals surface area (Å²) in [6, 6.07) is 0. The lowest BCUT2D eigenvalue weighted by Crippen LogP contribution is -2.28. The van der Waals surface area contributed by atoms with Crippen molar-refractivity contribution in [1.82, 2.24) is 5.48 Å². The van der Waals surface area contributed by atoms with E-state index >= 15 is 0 Å². The van der Waals surface area contributed by atoms with Gasteiger partial charge in [-0.2, -0.15) is 0 Å². The van der Waals surface area contributed by atoms with Crippen molar-refractivity contribution in [3.05, 3.63) is 0 Å². The molecule has 3 nitrogen and oxygen atoms in total. The second kappa shape index (κ2) is 2.16. The predicted molar refractivity (Wildman–Crippen MR) is 34.6 cm³/mol. The monoisotopic (exact) mass is 177 g/mol. The van der Waals surface area contributed by atoms with Gasteiger partial charge in [0, 0.05) is 17.8 Å². The van der Waals surface area contributed by atoms with Gasteiger partial charge in [0.15, 0.2) is 0 Å². The van der Waals surface area contributed by atoms with Gasteiger partial charge in [-0.1, -0.05) is 0 Å². The van der Waals surface area contributed by atoms with E-state index in [1.807, 2.05) is 0 Å². The van der Waals surface area contributed by atoms with Crippen LogP contribution in [-0.2, 0) is 4.79 Å². The molecule has 0 bridgehead atoms. The Kier molecular flexibility index (Phi) is 1.42. The molecule has 0 aromatic rings. The number of rotatable bonds is 1. The Labute approximate surface area is 67.7 Å². The molecule has 2 unspecified atom stereocenters. The topological polar surface area (TPSA) is 49.3 Å². The lowest BCUT2D eigenvalue weighted by atomic mass is 10.0. The summed E-state index contributed by atoms with van der Waals surface area (Å²) in [4.78, 5) is 10.8. The quantitative estimate of drug-likeness (QED) is 0.459. The van der Waals surface area contributed by atoms with Crippen molar-refractivity contribution in [2.45, 2.75) is 18.8 Å². The lowest BCUT2D eigenvalue weighted by Gasteiger charge is -2.10. The first-order valence-electron chi connectivity index (χ1n) is 3.89. The first-order valence-corrected chi connectivity index (χ1v) is 3.89. The molecule has 0 radical (unpaired) electrons. The predicted octanol–water partition coefficient (Wildman–Crippen LogP) is 0.783. The summed E-state index contributed by atoms with van der Waals surface area (Å²) in [5.41, 5.74) is 1.49. The summed E-state index contributed by atoms with van der Waals surface area (Å²) >= 11 is 0. The number of halogens is 2. The van der Waals surface area contributed by atoms with Crippen LogP contribution in [0.25, 0.3) is 0 Å². The van der Waals surface area contributed by atoms with Gasteiger partial charge < -0.3 is 0 Å². The minimum atomic E-state index is -2.54. The van der Waals surface area contributed by atoms with Crippen LogP contribution in [0.3, 0.4) is 0 Å². The summed E-state index contributed by atoms with van der Waals surface area (Å²) in [6.07, 6.45) is 0.425. The normalized spacial score (nSPS) is 42.1. The van der Waals surface area contributed by atoms with E-state index in [0.29, 0.717) is 0 Å². The summed E-state index contributed by atoms with van der Waals surface area (Å²) in [6.45, 7) is 0. The molecule has 2 fully saturated rings. The number of nitrogens with one attached hydrogen (secondary N) is 1. The molecular formula is C7H9F2NO2. The molecule has 2 saturated carbocycles. The van der Waals surface area contributed by atoms with E-state index in [1.165, 1.54) is 5.48 Å². The Balaban J connectivity index is 1.94.